The van der Waals surface area contributed by atoms with E-state index >= 15 is 0 Å². The Morgan fingerprint density at radius 3 is 2.56 bits per heavy atom. The van der Waals surface area contributed by atoms with Crippen molar-refractivity contribution in [1.82, 2.24) is 5.32 Å². The Bertz CT molecular complexity index is 373. The number of amides is 1. The van der Waals surface area contributed by atoms with Crippen molar-refractivity contribution < 1.29 is 23.4 Å². The summed E-state index contributed by atoms with van der Waals surface area (Å²) in [7, 11) is 0. The molecule has 100 valence electrons. The molecule has 2 unspecified atom stereocenters. The molecule has 0 heterocycles. The van der Waals surface area contributed by atoms with Gasteiger partial charge in [0.15, 0.2) is 6.10 Å². The Morgan fingerprint density at radius 1 is 1.39 bits per heavy atom. The highest BCUT2D eigenvalue weighted by molar-refractivity contribution is 5.80. The third kappa shape index (κ3) is 4.67. The molecule has 0 radical (unpaired) electrons. The second-order valence-electron chi connectivity index (χ2n) is 3.72. The van der Waals surface area contributed by atoms with E-state index < -0.39 is 31.1 Å². The van der Waals surface area contributed by atoms with E-state index in [9.17, 15) is 13.6 Å². The van der Waals surface area contributed by atoms with Crippen LogP contribution in [0.5, 0.6) is 5.75 Å². The third-order valence-corrected chi connectivity index (χ3v) is 2.20. The first-order chi connectivity index (χ1) is 8.50. The minimum absolute atomic E-state index is 0.501. The van der Waals surface area contributed by atoms with Crippen LogP contribution in [0.25, 0.3) is 0 Å². The summed E-state index contributed by atoms with van der Waals surface area (Å²) >= 11 is 0. The number of aliphatic hydroxyl groups is 1. The van der Waals surface area contributed by atoms with E-state index in [1.807, 2.05) is 0 Å². The fourth-order valence-corrected chi connectivity index (χ4v) is 1.19. The van der Waals surface area contributed by atoms with Crippen LogP contribution in [0.15, 0.2) is 30.3 Å². The number of aliphatic hydroxyl groups excluding tert-OH is 1. The van der Waals surface area contributed by atoms with E-state index in [2.05, 4.69) is 5.32 Å². The lowest BCUT2D eigenvalue weighted by molar-refractivity contribution is -0.128. The van der Waals surface area contributed by atoms with E-state index in [0.717, 1.165) is 0 Å². The van der Waals surface area contributed by atoms with Gasteiger partial charge in [-0.05, 0) is 19.1 Å². The van der Waals surface area contributed by atoms with Crippen molar-refractivity contribution >= 4 is 5.91 Å². The molecule has 0 bridgehead atoms. The van der Waals surface area contributed by atoms with E-state index in [-0.39, 0.29) is 0 Å². The number of halogens is 2. The number of alkyl halides is 2. The lowest BCUT2D eigenvalue weighted by Crippen LogP contribution is -2.42. The summed E-state index contributed by atoms with van der Waals surface area (Å²) in [5.74, 6) is -0.0480. The topological polar surface area (TPSA) is 58.6 Å². The average Bonchev–Trinajstić information content (AvgIpc) is 2.36. The number of para-hydroxylation sites is 1. The third-order valence-electron chi connectivity index (χ3n) is 2.20. The summed E-state index contributed by atoms with van der Waals surface area (Å²) in [4.78, 5) is 11.5. The Morgan fingerprint density at radius 2 is 2.00 bits per heavy atom. The number of carbonyl (C=O) groups excluding carboxylic acids is 1. The van der Waals surface area contributed by atoms with Crippen LogP contribution in [-0.2, 0) is 4.79 Å². The highest BCUT2D eigenvalue weighted by atomic mass is 19.3. The lowest BCUT2D eigenvalue weighted by Gasteiger charge is -2.16. The Balaban J connectivity index is 2.38. The van der Waals surface area contributed by atoms with Crippen molar-refractivity contribution in [1.29, 1.82) is 0 Å². The largest absolute Gasteiger partial charge is 0.481 e. The maximum Gasteiger partial charge on any atom is 0.265 e. The van der Waals surface area contributed by atoms with Crippen molar-refractivity contribution in [3.05, 3.63) is 30.3 Å². The molecule has 0 saturated heterocycles. The van der Waals surface area contributed by atoms with Crippen molar-refractivity contribution in [2.75, 3.05) is 6.54 Å². The van der Waals surface area contributed by atoms with E-state index in [4.69, 9.17) is 9.84 Å². The molecule has 6 heteroatoms. The zero-order valence-corrected chi connectivity index (χ0v) is 9.85. The van der Waals surface area contributed by atoms with Gasteiger partial charge in [0.1, 0.15) is 11.9 Å². The van der Waals surface area contributed by atoms with Crippen LogP contribution in [0, 0.1) is 0 Å². The van der Waals surface area contributed by atoms with Gasteiger partial charge in [-0.2, -0.15) is 0 Å². The summed E-state index contributed by atoms with van der Waals surface area (Å²) in [5, 5.41) is 11.0. The lowest BCUT2D eigenvalue weighted by atomic mass is 10.3. The zero-order chi connectivity index (χ0) is 13.5. The Labute approximate surface area is 104 Å². The van der Waals surface area contributed by atoms with Gasteiger partial charge in [0, 0.05) is 6.54 Å². The number of benzene rings is 1. The Kier molecular flexibility index (Phi) is 5.51. The summed E-state index contributed by atoms with van der Waals surface area (Å²) in [6, 6.07) is 8.66. The molecule has 0 spiro atoms. The summed E-state index contributed by atoms with van der Waals surface area (Å²) in [6.45, 7) is 0.996. The highest BCUT2D eigenvalue weighted by Gasteiger charge is 2.20. The molecule has 0 aliphatic rings. The second-order valence-corrected chi connectivity index (χ2v) is 3.72. The summed E-state index contributed by atoms with van der Waals surface area (Å²) < 4.78 is 29.3. The van der Waals surface area contributed by atoms with Crippen molar-refractivity contribution in [2.45, 2.75) is 25.6 Å². The normalized spacial score (nSPS) is 14.1. The predicted octanol–water partition coefficient (Wildman–Crippen LogP) is 1.20. The van der Waals surface area contributed by atoms with Crippen LogP contribution in [0.4, 0.5) is 8.78 Å². The minimum Gasteiger partial charge on any atom is -0.481 e. The summed E-state index contributed by atoms with van der Waals surface area (Å²) in [6.07, 6.45) is -5.56. The first kappa shape index (κ1) is 14.4. The fourth-order valence-electron chi connectivity index (χ4n) is 1.19. The molecule has 0 fully saturated rings. The molecule has 0 saturated carbocycles. The first-order valence-corrected chi connectivity index (χ1v) is 5.46. The van der Waals surface area contributed by atoms with E-state index in [1.165, 1.54) is 6.92 Å². The van der Waals surface area contributed by atoms with Gasteiger partial charge in [-0.15, -0.1) is 0 Å². The molecule has 1 rings (SSSR count). The zero-order valence-electron chi connectivity index (χ0n) is 9.85. The molecule has 0 aliphatic carbocycles. The van der Waals surface area contributed by atoms with E-state index in [0.29, 0.717) is 5.75 Å². The number of nitrogens with one attached hydrogen (secondary N) is 1. The number of ether oxygens (including phenoxy) is 1. The van der Waals surface area contributed by atoms with E-state index in [1.54, 1.807) is 30.3 Å². The molecule has 0 aliphatic heterocycles. The molecule has 1 aromatic carbocycles. The molecular formula is C12H15F2NO3. The number of hydrogen-bond donors (Lipinski definition) is 2. The molecule has 2 atom stereocenters. The quantitative estimate of drug-likeness (QED) is 0.807. The van der Waals surface area contributed by atoms with Gasteiger partial charge in [0.05, 0.1) is 0 Å². The smallest absolute Gasteiger partial charge is 0.265 e. The van der Waals surface area contributed by atoms with Crippen LogP contribution in [0.3, 0.4) is 0 Å². The van der Waals surface area contributed by atoms with Gasteiger partial charge < -0.3 is 15.2 Å². The number of hydrogen-bond acceptors (Lipinski definition) is 3. The van der Waals surface area contributed by atoms with Crippen LogP contribution >= 0.6 is 0 Å². The standard InChI is InChI=1S/C12H15F2NO3/c1-8(18-9-5-3-2-4-6-9)12(17)15-7-10(16)11(13)14/h2-6,8,10-11,16H,7H2,1H3,(H,15,17). The van der Waals surface area contributed by atoms with Crippen LogP contribution in [0.1, 0.15) is 6.92 Å². The number of rotatable bonds is 6. The average molecular weight is 259 g/mol. The van der Waals surface area contributed by atoms with Gasteiger partial charge in [-0.3, -0.25) is 4.79 Å². The highest BCUT2D eigenvalue weighted by Crippen LogP contribution is 2.10. The molecule has 0 aromatic heterocycles. The van der Waals surface area contributed by atoms with Crippen LogP contribution in [-0.4, -0.2) is 36.2 Å². The predicted molar refractivity (Wildman–Crippen MR) is 61.6 cm³/mol. The molecule has 18 heavy (non-hydrogen) atoms. The second kappa shape index (κ2) is 6.90. The van der Waals surface area contributed by atoms with Gasteiger partial charge >= 0.3 is 0 Å². The Hall–Kier alpha value is -1.69. The molecule has 1 amide bonds. The summed E-state index contributed by atoms with van der Waals surface area (Å²) in [5.41, 5.74) is 0. The number of carbonyl (C=O) groups is 1. The first-order valence-electron chi connectivity index (χ1n) is 5.46. The maximum atomic E-state index is 12.0. The molecular weight excluding hydrogens is 244 g/mol. The van der Waals surface area contributed by atoms with Gasteiger partial charge in [-0.1, -0.05) is 18.2 Å². The monoisotopic (exact) mass is 259 g/mol. The van der Waals surface area contributed by atoms with Crippen molar-refractivity contribution in [3.8, 4) is 5.75 Å². The van der Waals surface area contributed by atoms with Crippen LogP contribution < -0.4 is 10.1 Å². The SMILES string of the molecule is CC(Oc1ccccc1)C(=O)NCC(O)C(F)F. The van der Waals surface area contributed by atoms with Crippen LogP contribution in [0.2, 0.25) is 0 Å². The van der Waals surface area contributed by atoms with Gasteiger partial charge in [0.25, 0.3) is 12.3 Å². The minimum atomic E-state index is -2.88. The van der Waals surface area contributed by atoms with Gasteiger partial charge in [0.2, 0.25) is 0 Å². The fraction of sp³-hybridized carbons (Fsp3) is 0.417. The molecule has 1 aromatic rings. The maximum absolute atomic E-state index is 12.0. The van der Waals surface area contributed by atoms with Crippen molar-refractivity contribution in [2.24, 2.45) is 0 Å². The molecule has 2 N–H and O–H groups in total. The van der Waals surface area contributed by atoms with Gasteiger partial charge in [-0.25, -0.2) is 8.78 Å². The molecule has 4 nitrogen and oxygen atoms in total. The van der Waals surface area contributed by atoms with Crippen molar-refractivity contribution in [3.63, 3.8) is 0 Å².